The summed E-state index contributed by atoms with van der Waals surface area (Å²) in [6, 6.07) is 3.31. The summed E-state index contributed by atoms with van der Waals surface area (Å²) in [6.07, 6.45) is 4.10. The van der Waals surface area contributed by atoms with Crippen LogP contribution in [-0.4, -0.2) is 62.4 Å². The Labute approximate surface area is 126 Å². The second kappa shape index (κ2) is 5.90. The van der Waals surface area contributed by atoms with Gasteiger partial charge in [-0.1, -0.05) is 0 Å². The van der Waals surface area contributed by atoms with Gasteiger partial charge in [-0.15, -0.1) is 0 Å². The van der Waals surface area contributed by atoms with Gasteiger partial charge in [-0.25, -0.2) is 13.4 Å². The molecule has 0 aromatic carbocycles. The van der Waals surface area contributed by atoms with Crippen LogP contribution in [0.15, 0.2) is 23.2 Å². The van der Waals surface area contributed by atoms with E-state index in [2.05, 4.69) is 15.2 Å². The molecule has 7 heteroatoms. The van der Waals surface area contributed by atoms with Gasteiger partial charge in [0.1, 0.15) is 10.7 Å². The van der Waals surface area contributed by atoms with Gasteiger partial charge in [0.2, 0.25) is 10.0 Å². The van der Waals surface area contributed by atoms with Crippen LogP contribution in [0.4, 0.5) is 5.82 Å². The normalized spacial score (nSPS) is 21.4. The fourth-order valence-electron chi connectivity index (χ4n) is 2.65. The van der Waals surface area contributed by atoms with E-state index in [1.54, 1.807) is 23.5 Å². The minimum atomic E-state index is -3.41. The standard InChI is InChI=1S/C14H22N4O2S/c1-15-14-5-4-13(10-16-14)21(19,20)18-8-6-17(7-9-18)11-12-2-3-12/h4-5,10,12H,2-3,6-9,11H2,1H3,(H,15,16). The molecule has 2 fully saturated rings. The molecule has 0 spiro atoms. The Morgan fingerprint density at radius 1 is 1.24 bits per heavy atom. The maximum Gasteiger partial charge on any atom is 0.244 e. The van der Waals surface area contributed by atoms with E-state index in [1.807, 2.05) is 0 Å². The number of hydrogen-bond acceptors (Lipinski definition) is 5. The van der Waals surface area contributed by atoms with E-state index in [1.165, 1.54) is 19.0 Å². The van der Waals surface area contributed by atoms with Gasteiger partial charge in [0.25, 0.3) is 0 Å². The number of nitrogens with one attached hydrogen (secondary N) is 1. The molecule has 1 aliphatic heterocycles. The second-order valence-electron chi connectivity index (χ2n) is 5.78. The summed E-state index contributed by atoms with van der Waals surface area (Å²) >= 11 is 0. The van der Waals surface area contributed by atoms with Crippen molar-refractivity contribution in [3.05, 3.63) is 18.3 Å². The summed E-state index contributed by atoms with van der Waals surface area (Å²) in [7, 11) is -1.65. The van der Waals surface area contributed by atoms with Gasteiger partial charge in [0.15, 0.2) is 0 Å². The predicted octanol–water partition coefficient (Wildman–Crippen LogP) is 0.840. The smallest absolute Gasteiger partial charge is 0.244 e. The van der Waals surface area contributed by atoms with Crippen molar-refractivity contribution in [1.82, 2.24) is 14.2 Å². The first-order valence-corrected chi connectivity index (χ1v) is 8.90. The van der Waals surface area contributed by atoms with E-state index in [-0.39, 0.29) is 4.90 Å². The highest BCUT2D eigenvalue weighted by molar-refractivity contribution is 7.89. The Morgan fingerprint density at radius 2 is 1.95 bits per heavy atom. The Balaban J connectivity index is 1.64. The van der Waals surface area contributed by atoms with Crippen LogP contribution in [-0.2, 0) is 10.0 Å². The maximum absolute atomic E-state index is 12.6. The molecular formula is C14H22N4O2S. The Morgan fingerprint density at radius 3 is 2.48 bits per heavy atom. The van der Waals surface area contributed by atoms with Crippen molar-refractivity contribution in [2.75, 3.05) is 45.1 Å². The quantitative estimate of drug-likeness (QED) is 0.873. The van der Waals surface area contributed by atoms with E-state index >= 15 is 0 Å². The molecule has 1 aliphatic carbocycles. The fourth-order valence-corrected chi connectivity index (χ4v) is 4.02. The molecule has 1 saturated heterocycles. The number of sulfonamides is 1. The van der Waals surface area contributed by atoms with Crippen molar-refractivity contribution in [3.63, 3.8) is 0 Å². The molecule has 6 nitrogen and oxygen atoms in total. The second-order valence-corrected chi connectivity index (χ2v) is 7.72. The lowest BCUT2D eigenvalue weighted by Gasteiger charge is -2.33. The van der Waals surface area contributed by atoms with Crippen molar-refractivity contribution in [1.29, 1.82) is 0 Å². The lowest BCUT2D eigenvalue weighted by molar-refractivity contribution is 0.182. The van der Waals surface area contributed by atoms with Crippen molar-refractivity contribution in [2.45, 2.75) is 17.7 Å². The highest BCUT2D eigenvalue weighted by atomic mass is 32.2. The van der Waals surface area contributed by atoms with E-state index in [4.69, 9.17) is 0 Å². The average Bonchev–Trinajstić information content (AvgIpc) is 3.32. The number of nitrogens with zero attached hydrogens (tertiary/aromatic N) is 3. The van der Waals surface area contributed by atoms with Crippen LogP contribution in [0.1, 0.15) is 12.8 Å². The van der Waals surface area contributed by atoms with Crippen molar-refractivity contribution in [3.8, 4) is 0 Å². The van der Waals surface area contributed by atoms with E-state index in [0.29, 0.717) is 18.9 Å². The first kappa shape index (κ1) is 14.7. The van der Waals surface area contributed by atoms with Crippen LogP contribution in [0.2, 0.25) is 0 Å². The number of hydrogen-bond donors (Lipinski definition) is 1. The molecule has 0 amide bonds. The lowest BCUT2D eigenvalue weighted by Crippen LogP contribution is -2.49. The number of piperazine rings is 1. The Kier molecular flexibility index (Phi) is 4.14. The zero-order valence-electron chi connectivity index (χ0n) is 12.3. The summed E-state index contributed by atoms with van der Waals surface area (Å²) in [4.78, 5) is 6.75. The van der Waals surface area contributed by atoms with Crippen LogP contribution < -0.4 is 5.32 Å². The lowest BCUT2D eigenvalue weighted by atomic mass is 10.3. The SMILES string of the molecule is CNc1ccc(S(=O)(=O)N2CCN(CC3CC3)CC2)cn1. The van der Waals surface area contributed by atoms with Gasteiger partial charge in [0, 0.05) is 46.0 Å². The van der Waals surface area contributed by atoms with E-state index in [0.717, 1.165) is 25.6 Å². The van der Waals surface area contributed by atoms with Crippen LogP contribution >= 0.6 is 0 Å². The number of rotatable bonds is 5. The first-order valence-electron chi connectivity index (χ1n) is 7.46. The Hall–Kier alpha value is -1.18. The number of anilines is 1. The molecule has 0 unspecified atom stereocenters. The summed E-state index contributed by atoms with van der Waals surface area (Å²) in [5.41, 5.74) is 0. The molecule has 0 bridgehead atoms. The largest absolute Gasteiger partial charge is 0.373 e. The monoisotopic (exact) mass is 310 g/mol. The van der Waals surface area contributed by atoms with Crippen molar-refractivity contribution < 1.29 is 8.42 Å². The number of pyridine rings is 1. The Bertz CT molecular complexity index is 575. The molecule has 2 heterocycles. The zero-order valence-corrected chi connectivity index (χ0v) is 13.1. The van der Waals surface area contributed by atoms with Crippen LogP contribution in [0.5, 0.6) is 0 Å². The predicted molar refractivity (Wildman–Crippen MR) is 81.7 cm³/mol. The van der Waals surface area contributed by atoms with Crippen LogP contribution in [0, 0.1) is 5.92 Å². The van der Waals surface area contributed by atoms with Gasteiger partial charge in [-0.2, -0.15) is 4.31 Å². The molecule has 1 saturated carbocycles. The summed E-state index contributed by atoms with van der Waals surface area (Å²) < 4.78 is 26.7. The third kappa shape index (κ3) is 3.36. The average molecular weight is 310 g/mol. The minimum absolute atomic E-state index is 0.275. The third-order valence-corrected chi connectivity index (χ3v) is 6.06. The molecule has 0 radical (unpaired) electrons. The molecule has 1 aromatic heterocycles. The molecule has 116 valence electrons. The molecule has 1 aromatic rings. The highest BCUT2D eigenvalue weighted by Crippen LogP contribution is 2.30. The highest BCUT2D eigenvalue weighted by Gasteiger charge is 2.31. The van der Waals surface area contributed by atoms with E-state index < -0.39 is 10.0 Å². The third-order valence-electron chi connectivity index (χ3n) is 4.17. The van der Waals surface area contributed by atoms with Gasteiger partial charge >= 0.3 is 0 Å². The summed E-state index contributed by atoms with van der Waals surface area (Å²) in [5.74, 6) is 1.52. The topological polar surface area (TPSA) is 65.5 Å². The van der Waals surface area contributed by atoms with Crippen molar-refractivity contribution >= 4 is 15.8 Å². The van der Waals surface area contributed by atoms with Crippen LogP contribution in [0.25, 0.3) is 0 Å². The van der Waals surface area contributed by atoms with E-state index in [9.17, 15) is 8.42 Å². The molecule has 21 heavy (non-hydrogen) atoms. The zero-order chi connectivity index (χ0) is 14.9. The fraction of sp³-hybridized carbons (Fsp3) is 0.643. The molecule has 1 N–H and O–H groups in total. The summed E-state index contributed by atoms with van der Waals surface area (Å²) in [5, 5.41) is 2.89. The molecule has 2 aliphatic rings. The molecule has 0 atom stereocenters. The summed E-state index contributed by atoms with van der Waals surface area (Å²) in [6.45, 7) is 3.94. The van der Waals surface area contributed by atoms with Gasteiger partial charge < -0.3 is 10.2 Å². The van der Waals surface area contributed by atoms with Crippen molar-refractivity contribution in [2.24, 2.45) is 5.92 Å². The first-order chi connectivity index (χ1) is 10.1. The van der Waals surface area contributed by atoms with Gasteiger partial charge in [-0.05, 0) is 30.9 Å². The molecule has 3 rings (SSSR count). The maximum atomic E-state index is 12.6. The minimum Gasteiger partial charge on any atom is -0.373 e. The number of aromatic nitrogens is 1. The van der Waals surface area contributed by atoms with Crippen LogP contribution in [0.3, 0.4) is 0 Å². The van der Waals surface area contributed by atoms with Gasteiger partial charge in [0.05, 0.1) is 0 Å². The molecular weight excluding hydrogens is 288 g/mol. The van der Waals surface area contributed by atoms with Gasteiger partial charge in [-0.3, -0.25) is 0 Å².